The fourth-order valence-electron chi connectivity index (χ4n) is 7.59. The lowest BCUT2D eigenvalue weighted by Crippen LogP contribution is -2.59. The second-order valence-electron chi connectivity index (χ2n) is 11.3. The van der Waals surface area contributed by atoms with Crippen LogP contribution in [-0.4, -0.2) is 44.6 Å². The van der Waals surface area contributed by atoms with Crippen LogP contribution >= 0.6 is 0 Å². The molecule has 0 amide bonds. The van der Waals surface area contributed by atoms with E-state index in [-0.39, 0.29) is 24.7 Å². The lowest BCUT2D eigenvalue weighted by molar-refractivity contribution is -0.390. The Morgan fingerprint density at radius 2 is 1.56 bits per heavy atom. The highest BCUT2D eigenvalue weighted by atomic mass is 32.2. The van der Waals surface area contributed by atoms with Gasteiger partial charge in [0.05, 0.1) is 11.5 Å². The second-order valence-corrected chi connectivity index (χ2v) is 13.6. The average molecular weight is 492 g/mol. The van der Waals surface area contributed by atoms with Crippen LogP contribution in [0.3, 0.4) is 0 Å². The van der Waals surface area contributed by atoms with Gasteiger partial charge in [-0.15, -0.1) is 0 Å². The molecule has 1 heterocycles. The van der Waals surface area contributed by atoms with E-state index in [1.165, 1.54) is 37.7 Å². The van der Waals surface area contributed by atoms with Gasteiger partial charge in [0.15, 0.2) is 9.84 Å². The molecule has 0 atom stereocenters. The third-order valence-electron chi connectivity index (χ3n) is 9.14. The van der Waals surface area contributed by atoms with Crippen LogP contribution in [0.25, 0.3) is 0 Å². The summed E-state index contributed by atoms with van der Waals surface area (Å²) in [6.45, 7) is 0.290. The molecule has 34 heavy (non-hydrogen) atoms. The third-order valence-corrected chi connectivity index (χ3v) is 10.8. The molecule has 1 aliphatic heterocycles. The molecule has 188 valence electrons. The zero-order valence-electron chi connectivity index (χ0n) is 19.8. The minimum absolute atomic E-state index is 0.000404. The first-order valence-corrected chi connectivity index (χ1v) is 14.9. The number of ether oxygens (including phenoxy) is 2. The fourth-order valence-corrected chi connectivity index (χ4v) is 8.49. The monoisotopic (exact) mass is 491 g/mol. The molecule has 0 unspecified atom stereocenters. The topological polar surface area (TPSA) is 97.1 Å². The molecule has 1 aromatic carbocycles. The van der Waals surface area contributed by atoms with Gasteiger partial charge < -0.3 is 15.2 Å². The molecule has 7 rings (SSSR count). The van der Waals surface area contributed by atoms with Crippen molar-refractivity contribution >= 4 is 9.84 Å². The van der Waals surface area contributed by atoms with Crippen LogP contribution in [0, 0.1) is 23.7 Å². The molecule has 2 spiro atoms. The van der Waals surface area contributed by atoms with Crippen molar-refractivity contribution in [3.05, 3.63) is 29.8 Å². The number of hydrogen-bond acceptors (Lipinski definition) is 7. The predicted octanol–water partition coefficient (Wildman–Crippen LogP) is 3.92. The molecule has 0 radical (unpaired) electrons. The molecular weight excluding hydrogens is 454 g/mol. The van der Waals surface area contributed by atoms with Crippen LogP contribution in [0.1, 0.15) is 69.3 Å². The molecule has 4 bridgehead atoms. The SMILES string of the molecule is NCCS(=O)(=O)CCOc1ccc([C@H]2CC[C@]3(CC2)OO[C@]2(O3)C3CC4CC(C3)CC2C4)cc1. The van der Waals surface area contributed by atoms with E-state index in [1.54, 1.807) is 0 Å². The molecule has 2 N–H and O–H groups in total. The van der Waals surface area contributed by atoms with Gasteiger partial charge in [-0.2, -0.15) is 9.78 Å². The summed E-state index contributed by atoms with van der Waals surface area (Å²) in [7, 11) is -3.14. The van der Waals surface area contributed by atoms with Crippen molar-refractivity contribution < 1.29 is 27.7 Å². The van der Waals surface area contributed by atoms with Gasteiger partial charge in [-0.25, -0.2) is 8.42 Å². The molecule has 0 aromatic heterocycles. The summed E-state index contributed by atoms with van der Waals surface area (Å²) in [6.07, 6.45) is 10.1. The van der Waals surface area contributed by atoms with E-state index in [2.05, 4.69) is 12.1 Å². The maximum absolute atomic E-state index is 11.8. The standard InChI is InChI=1S/C26H37NO6S/c27-9-11-34(28,29)12-10-30-24-3-1-20(2-4-24)21-5-7-25(8-6-21)31-26(33-32-25)22-14-18-13-19(16-22)17-23(26)15-18/h1-4,18-19,21-23H,5-17,27H2/t18?,19?,21-,22?,23?,25+,26-. The van der Waals surface area contributed by atoms with Crippen LogP contribution in [0.4, 0.5) is 0 Å². The first kappa shape index (κ1) is 23.2. The van der Waals surface area contributed by atoms with Gasteiger partial charge in [-0.05, 0) is 80.4 Å². The highest BCUT2D eigenvalue weighted by Crippen LogP contribution is 2.64. The molecule has 8 heteroatoms. The van der Waals surface area contributed by atoms with Crippen molar-refractivity contribution in [1.29, 1.82) is 0 Å². The van der Waals surface area contributed by atoms with Gasteiger partial charge in [-0.3, -0.25) is 0 Å². The normalized spacial score (nSPS) is 40.9. The zero-order valence-corrected chi connectivity index (χ0v) is 20.6. The van der Waals surface area contributed by atoms with Gasteiger partial charge in [-0.1, -0.05) is 12.1 Å². The van der Waals surface area contributed by atoms with E-state index in [9.17, 15) is 8.42 Å². The summed E-state index contributed by atoms with van der Waals surface area (Å²) >= 11 is 0. The minimum Gasteiger partial charge on any atom is -0.493 e. The Morgan fingerprint density at radius 1 is 0.912 bits per heavy atom. The van der Waals surface area contributed by atoms with Gasteiger partial charge in [0, 0.05) is 31.2 Å². The maximum atomic E-state index is 11.8. The van der Waals surface area contributed by atoms with E-state index in [1.807, 2.05) is 12.1 Å². The molecule has 5 saturated carbocycles. The van der Waals surface area contributed by atoms with Crippen molar-refractivity contribution in [1.82, 2.24) is 0 Å². The summed E-state index contributed by atoms with van der Waals surface area (Å²) in [6, 6.07) is 8.06. The van der Waals surface area contributed by atoms with Crippen LogP contribution in [0.5, 0.6) is 5.75 Å². The largest absolute Gasteiger partial charge is 0.493 e. The first-order valence-electron chi connectivity index (χ1n) is 13.1. The molecule has 6 fully saturated rings. The zero-order chi connectivity index (χ0) is 23.4. The molecule has 7 nitrogen and oxygen atoms in total. The summed E-state index contributed by atoms with van der Waals surface area (Å²) in [5.41, 5.74) is 6.62. The van der Waals surface area contributed by atoms with Crippen LogP contribution < -0.4 is 10.5 Å². The highest BCUT2D eigenvalue weighted by molar-refractivity contribution is 7.91. The number of hydrogen-bond donors (Lipinski definition) is 1. The minimum atomic E-state index is -3.14. The van der Waals surface area contributed by atoms with Crippen molar-refractivity contribution in [3.8, 4) is 5.75 Å². The van der Waals surface area contributed by atoms with E-state index >= 15 is 0 Å². The number of benzene rings is 1. The van der Waals surface area contributed by atoms with E-state index in [0.717, 1.165) is 37.5 Å². The smallest absolute Gasteiger partial charge is 0.210 e. The molecular formula is C26H37NO6S. The number of sulfone groups is 1. The summed E-state index contributed by atoms with van der Waals surface area (Å²) in [5.74, 6) is 2.80. The Balaban J connectivity index is 1.03. The molecule has 6 aliphatic rings. The van der Waals surface area contributed by atoms with Crippen molar-refractivity contribution in [2.24, 2.45) is 29.4 Å². The number of nitrogens with two attached hydrogens (primary N) is 1. The molecule has 1 aromatic rings. The van der Waals surface area contributed by atoms with Crippen LogP contribution in [-0.2, 0) is 24.3 Å². The van der Waals surface area contributed by atoms with Crippen LogP contribution in [0.2, 0.25) is 0 Å². The summed E-state index contributed by atoms with van der Waals surface area (Å²) < 4.78 is 36.0. The Bertz CT molecular complexity index is 957. The number of rotatable bonds is 7. The van der Waals surface area contributed by atoms with Crippen molar-refractivity contribution in [2.75, 3.05) is 24.7 Å². The van der Waals surface area contributed by atoms with Crippen LogP contribution in [0.15, 0.2) is 24.3 Å². The Labute approximate surface area is 202 Å². The quantitative estimate of drug-likeness (QED) is 0.577. The Morgan fingerprint density at radius 3 is 2.18 bits per heavy atom. The van der Waals surface area contributed by atoms with E-state index in [0.29, 0.717) is 23.5 Å². The lowest BCUT2D eigenvalue weighted by atomic mass is 9.53. The highest BCUT2D eigenvalue weighted by Gasteiger charge is 2.66. The van der Waals surface area contributed by atoms with E-state index in [4.69, 9.17) is 25.0 Å². The van der Waals surface area contributed by atoms with Crippen molar-refractivity contribution in [2.45, 2.75) is 75.3 Å². The van der Waals surface area contributed by atoms with Gasteiger partial charge in [0.2, 0.25) is 11.6 Å². The van der Waals surface area contributed by atoms with Gasteiger partial charge in [0.25, 0.3) is 0 Å². The Kier molecular flexibility index (Phi) is 5.96. The fraction of sp³-hybridized carbons (Fsp3) is 0.769. The predicted molar refractivity (Wildman–Crippen MR) is 127 cm³/mol. The van der Waals surface area contributed by atoms with Crippen molar-refractivity contribution in [3.63, 3.8) is 0 Å². The first-order chi connectivity index (χ1) is 16.4. The third kappa shape index (κ3) is 4.19. The summed E-state index contributed by atoms with van der Waals surface area (Å²) in [4.78, 5) is 12.2. The van der Waals surface area contributed by atoms with Gasteiger partial charge in [0.1, 0.15) is 12.4 Å². The maximum Gasteiger partial charge on any atom is 0.210 e. The van der Waals surface area contributed by atoms with Gasteiger partial charge >= 0.3 is 0 Å². The molecule has 1 saturated heterocycles. The summed E-state index contributed by atoms with van der Waals surface area (Å²) in [5, 5.41) is 0. The Hall–Kier alpha value is -1.19. The average Bonchev–Trinajstić information content (AvgIpc) is 3.18. The lowest BCUT2D eigenvalue weighted by Gasteiger charge is -2.57. The van der Waals surface area contributed by atoms with E-state index < -0.39 is 21.4 Å². The molecule has 5 aliphatic carbocycles. The second kappa shape index (κ2) is 8.73.